The molecule has 0 bridgehead atoms. The van der Waals surface area contributed by atoms with Crippen molar-refractivity contribution in [3.05, 3.63) is 0 Å². The van der Waals surface area contributed by atoms with Gasteiger partial charge in [-0.3, -0.25) is 11.1 Å². The van der Waals surface area contributed by atoms with Crippen LogP contribution < -0.4 is 26.8 Å². The summed E-state index contributed by atoms with van der Waals surface area (Å²) in [6.07, 6.45) is 7.02. The first-order valence-electron chi connectivity index (χ1n) is 20.8. The second-order valence-corrected chi connectivity index (χ2v) is 17.8. The van der Waals surface area contributed by atoms with Crippen LogP contribution in [-0.4, -0.2) is 133 Å². The Morgan fingerprint density at radius 2 is 1.79 bits per heavy atom. The lowest BCUT2D eigenvalue weighted by Crippen LogP contribution is -3.00. The first-order valence-corrected chi connectivity index (χ1v) is 20.8. The minimum Gasteiger partial charge on any atom is -0.550 e. The van der Waals surface area contributed by atoms with Gasteiger partial charge in [-0.05, 0) is 121 Å². The highest BCUT2D eigenvalue weighted by Gasteiger charge is 2.49. The molecule has 14 heteroatoms. The number of methoxy groups -OCH3 is 1. The van der Waals surface area contributed by atoms with E-state index < -0.39 is 48.0 Å². The van der Waals surface area contributed by atoms with Crippen molar-refractivity contribution >= 4 is 5.97 Å². The van der Waals surface area contributed by atoms with Crippen molar-refractivity contribution in [3.8, 4) is 0 Å². The van der Waals surface area contributed by atoms with Gasteiger partial charge in [-0.2, -0.15) is 0 Å². The van der Waals surface area contributed by atoms with Crippen LogP contribution in [0.5, 0.6) is 0 Å². The second-order valence-electron chi connectivity index (χ2n) is 17.8. The average Bonchev–Trinajstić information content (AvgIpc) is 3.10. The third kappa shape index (κ3) is 12.5. The molecule has 3 heterocycles. The molecule has 0 amide bonds. The summed E-state index contributed by atoms with van der Waals surface area (Å²) in [6, 6.07) is 0.239. The third-order valence-corrected chi connectivity index (χ3v) is 13.4. The van der Waals surface area contributed by atoms with Crippen LogP contribution in [0.15, 0.2) is 0 Å². The lowest BCUT2D eigenvalue weighted by Gasteiger charge is -2.48. The minimum absolute atomic E-state index is 0.0122. The smallest absolute Gasteiger partial charge is 0.137 e. The van der Waals surface area contributed by atoms with Gasteiger partial charge >= 0.3 is 0 Å². The number of nitrogens with one attached hydrogen (secondary N) is 1. The van der Waals surface area contributed by atoms with E-state index in [1.54, 1.807) is 14.0 Å². The van der Waals surface area contributed by atoms with Crippen molar-refractivity contribution in [2.75, 3.05) is 33.5 Å². The van der Waals surface area contributed by atoms with Crippen LogP contribution in [0.3, 0.4) is 0 Å². The van der Waals surface area contributed by atoms with E-state index >= 15 is 0 Å². The van der Waals surface area contributed by atoms with Gasteiger partial charge in [-0.1, -0.05) is 0 Å². The number of nitrogens with two attached hydrogens (primary N) is 3. The molecular weight excluding hydrogens is 684 g/mol. The standard InChI is InChI=1S/C39H72N4O10/c1-23-8-10-39(19-37(47)48,18-26-9-11-42-36(40)13-26)35(43-23)21-51-34-15-27(14-33(50-3)38(34)49)31-17-28(45)16-29(53-31)6-4-25-5-7-30(46)32(12-25)52-22-41-20-24(2)44/h23-36,38,41-46,49H,4-22,40H2,1-3H3,(H,47,48)/p+1/t23-,24+,25?,26?,27?,28+,29+,30?,31-,32?,33?,34?,35-,36?,38?,39-/m1/s1. The van der Waals surface area contributed by atoms with Crippen molar-refractivity contribution in [1.29, 1.82) is 0 Å². The zero-order valence-electron chi connectivity index (χ0n) is 32.6. The largest absolute Gasteiger partial charge is 0.550 e. The molecule has 9 unspecified atom stereocenters. The van der Waals surface area contributed by atoms with Gasteiger partial charge in [-0.15, -0.1) is 0 Å². The third-order valence-electron chi connectivity index (χ3n) is 13.4. The Morgan fingerprint density at radius 1 is 1.00 bits per heavy atom. The molecule has 2 aliphatic carbocycles. The van der Waals surface area contributed by atoms with Crippen molar-refractivity contribution < 1.29 is 59.9 Å². The van der Waals surface area contributed by atoms with Gasteiger partial charge in [0.25, 0.3) is 0 Å². The average molecular weight is 758 g/mol. The number of piperidine rings is 2. The molecule has 16 atom stereocenters. The molecule has 0 radical (unpaired) electrons. The summed E-state index contributed by atoms with van der Waals surface area (Å²) in [6.45, 7) is 5.89. The number of hydrogen-bond donors (Lipinski definition) is 8. The minimum atomic E-state index is -1.03. The zero-order valence-corrected chi connectivity index (χ0v) is 32.6. The predicted molar refractivity (Wildman–Crippen MR) is 194 cm³/mol. The number of carboxylic acid groups (broad SMARTS) is 1. The fraction of sp³-hybridized carbons (Fsp3) is 0.974. The first kappa shape index (κ1) is 43.1. The number of aliphatic hydroxyl groups is 4. The van der Waals surface area contributed by atoms with E-state index in [1.165, 1.54) is 0 Å². The van der Waals surface area contributed by atoms with Crippen molar-refractivity contribution in [2.24, 2.45) is 28.9 Å². The van der Waals surface area contributed by atoms with Crippen LogP contribution in [0.25, 0.3) is 0 Å². The SMILES string of the molecule is COC1CC([C@H]2C[C@@H](O)C[C@H](CCC3CCC(O)C(OCNC[C@H](C)O)C3)O2)CC(OC[C@H]2[NH2+][C@H](C)CC[C@]2(CC(=O)[O-])CC2CC[NH2+]C(N)C2)C1O. The Labute approximate surface area is 316 Å². The molecule has 5 aliphatic rings. The van der Waals surface area contributed by atoms with Crippen LogP contribution in [0, 0.1) is 23.2 Å². The Morgan fingerprint density at radius 3 is 2.53 bits per heavy atom. The maximum atomic E-state index is 12.2. The molecule has 0 aromatic heterocycles. The van der Waals surface area contributed by atoms with Gasteiger partial charge in [0, 0.05) is 31.5 Å². The fourth-order valence-electron chi connectivity index (χ4n) is 10.5. The molecule has 3 saturated heterocycles. The summed E-state index contributed by atoms with van der Waals surface area (Å²) in [7, 11) is 1.61. The highest BCUT2D eigenvalue weighted by molar-refractivity contribution is 5.65. The molecule has 53 heavy (non-hydrogen) atoms. The van der Waals surface area contributed by atoms with Crippen LogP contribution in [0.4, 0.5) is 0 Å². The van der Waals surface area contributed by atoms with Crippen molar-refractivity contribution in [3.63, 3.8) is 0 Å². The number of carbonyl (C=O) groups excluding carboxylic acids is 1. The van der Waals surface area contributed by atoms with E-state index in [1.807, 2.05) is 0 Å². The maximum absolute atomic E-state index is 12.2. The molecule has 3 aliphatic heterocycles. The number of hydrogen-bond acceptors (Lipinski definition) is 12. The number of quaternary nitrogens is 2. The van der Waals surface area contributed by atoms with Gasteiger partial charge in [0.15, 0.2) is 0 Å². The highest BCUT2D eigenvalue weighted by Crippen LogP contribution is 2.43. The molecular formula is C39H73N4O10+. The molecule has 0 aromatic rings. The quantitative estimate of drug-likeness (QED) is 0.0608. The highest BCUT2D eigenvalue weighted by atomic mass is 16.5. The molecule has 5 fully saturated rings. The summed E-state index contributed by atoms with van der Waals surface area (Å²) in [4.78, 5) is 12.2. The summed E-state index contributed by atoms with van der Waals surface area (Å²) in [5, 5.41) is 62.2. The van der Waals surface area contributed by atoms with E-state index in [4.69, 9.17) is 24.7 Å². The van der Waals surface area contributed by atoms with Gasteiger partial charge in [0.1, 0.15) is 18.3 Å². The summed E-state index contributed by atoms with van der Waals surface area (Å²) >= 11 is 0. The molecule has 0 spiro atoms. The van der Waals surface area contributed by atoms with E-state index in [2.05, 4.69) is 22.9 Å². The fourth-order valence-corrected chi connectivity index (χ4v) is 10.5. The Kier molecular flexibility index (Phi) is 16.6. The lowest BCUT2D eigenvalue weighted by molar-refractivity contribution is -0.744. The summed E-state index contributed by atoms with van der Waals surface area (Å²) < 4.78 is 25.1. The van der Waals surface area contributed by atoms with Gasteiger partial charge < -0.3 is 59.9 Å². The zero-order chi connectivity index (χ0) is 38.1. The van der Waals surface area contributed by atoms with Gasteiger partial charge in [0.05, 0.1) is 74.8 Å². The molecule has 5 rings (SSSR count). The molecule has 14 nitrogen and oxygen atoms in total. The van der Waals surface area contributed by atoms with E-state index in [0.717, 1.165) is 64.3 Å². The predicted octanol–water partition coefficient (Wildman–Crippen LogP) is -1.79. The van der Waals surface area contributed by atoms with E-state index in [0.29, 0.717) is 63.1 Å². The second kappa shape index (κ2) is 20.4. The summed E-state index contributed by atoms with van der Waals surface area (Å²) in [5.41, 5.74) is 5.83. The van der Waals surface area contributed by atoms with Crippen LogP contribution >= 0.6 is 0 Å². The maximum Gasteiger partial charge on any atom is 0.137 e. The number of ether oxygens (including phenoxy) is 4. The monoisotopic (exact) mass is 758 g/mol. The van der Waals surface area contributed by atoms with Gasteiger partial charge in [-0.25, -0.2) is 0 Å². The number of carbonyl (C=O) groups is 1. The number of carboxylic acids is 1. The van der Waals surface area contributed by atoms with Crippen LogP contribution in [-0.2, 0) is 23.7 Å². The molecule has 11 N–H and O–H groups in total. The molecule has 2 saturated carbocycles. The van der Waals surface area contributed by atoms with E-state index in [9.17, 15) is 30.3 Å². The number of rotatable bonds is 17. The molecule has 0 aromatic carbocycles. The lowest BCUT2D eigenvalue weighted by atomic mass is 9.64. The van der Waals surface area contributed by atoms with E-state index in [-0.39, 0.29) is 49.6 Å². The summed E-state index contributed by atoms with van der Waals surface area (Å²) in [5.74, 6) is -0.268. The van der Waals surface area contributed by atoms with Gasteiger partial charge in [0.2, 0.25) is 0 Å². The van der Waals surface area contributed by atoms with Crippen molar-refractivity contribution in [2.45, 2.75) is 183 Å². The topological polar surface area (TPSA) is 229 Å². The Bertz CT molecular complexity index is 1110. The van der Waals surface area contributed by atoms with Crippen LogP contribution in [0.2, 0.25) is 0 Å². The molecule has 308 valence electrons. The number of aliphatic carboxylic acids is 1. The Hall–Kier alpha value is -1.01. The Balaban J connectivity index is 1.18. The van der Waals surface area contributed by atoms with Crippen LogP contribution in [0.1, 0.15) is 110 Å². The van der Waals surface area contributed by atoms with Crippen molar-refractivity contribution in [1.82, 2.24) is 5.32 Å². The number of aliphatic hydroxyl groups excluding tert-OH is 4. The first-order chi connectivity index (χ1) is 25.3. The normalized spacial score (nSPS) is 43.3.